The van der Waals surface area contributed by atoms with E-state index in [0.29, 0.717) is 0 Å². The van der Waals surface area contributed by atoms with Gasteiger partial charge in [0, 0.05) is 0 Å². The summed E-state index contributed by atoms with van der Waals surface area (Å²) in [6.07, 6.45) is -10.3. The van der Waals surface area contributed by atoms with E-state index >= 15 is 0 Å². The lowest BCUT2D eigenvalue weighted by atomic mass is 9.89. The van der Waals surface area contributed by atoms with E-state index in [2.05, 4.69) is 0 Å². The first kappa shape index (κ1) is 64.0. The molecular weight excluding hydrogens is 884 g/mol. The maximum Gasteiger partial charge on any atom is 0.100 e. The molecule has 8 unspecified atom stereocenters. The first-order valence-electron chi connectivity index (χ1n) is 21.1. The van der Waals surface area contributed by atoms with Crippen LogP contribution in [0.15, 0.2) is 0 Å². The minimum Gasteiger partial charge on any atom is -0.394 e. The molecule has 26 heteroatoms. The highest BCUT2D eigenvalue weighted by atomic mass is 16.6. The average molecular weight is 965 g/mol. The van der Waals surface area contributed by atoms with Gasteiger partial charge in [0.1, 0.15) is 48.8 Å². The maximum atomic E-state index is 10.1. The van der Waals surface area contributed by atoms with Crippen molar-refractivity contribution in [3.63, 3.8) is 0 Å². The first-order valence-corrected chi connectivity index (χ1v) is 21.1. The Morgan fingerprint density at radius 2 is 0.308 bits per heavy atom. The Balaban J connectivity index is 7.09. The second-order valence-electron chi connectivity index (χ2n) is 16.3. The Kier molecular flexibility index (Phi) is 38.1. The van der Waals surface area contributed by atoms with Crippen LogP contribution in [0, 0.1) is 16.2 Å². The van der Waals surface area contributed by atoms with Crippen molar-refractivity contribution in [2.45, 2.75) is 48.8 Å². The molecule has 65 heavy (non-hydrogen) atoms. The molecule has 0 fully saturated rings. The van der Waals surface area contributed by atoms with Gasteiger partial charge in [-0.2, -0.15) is 0 Å². The molecule has 0 saturated heterocycles. The zero-order chi connectivity index (χ0) is 49.0. The van der Waals surface area contributed by atoms with Gasteiger partial charge in [-0.1, -0.05) is 0 Å². The van der Waals surface area contributed by atoms with Gasteiger partial charge in [-0.3, -0.25) is 0 Å². The zero-order valence-electron chi connectivity index (χ0n) is 37.2. The fourth-order valence-corrected chi connectivity index (χ4v) is 5.43. The van der Waals surface area contributed by atoms with Gasteiger partial charge in [-0.15, -0.1) is 0 Å². The smallest absolute Gasteiger partial charge is 0.100 e. The molecule has 0 aliphatic heterocycles. The third kappa shape index (κ3) is 30.9. The van der Waals surface area contributed by atoms with E-state index in [-0.39, 0.29) is 119 Å². The van der Waals surface area contributed by atoms with E-state index in [1.165, 1.54) is 0 Å². The van der Waals surface area contributed by atoms with Gasteiger partial charge in [-0.05, 0) is 0 Å². The lowest BCUT2D eigenvalue weighted by Gasteiger charge is -2.38. The molecule has 0 rings (SSSR count). The molecule has 26 nitrogen and oxygen atoms in total. The van der Waals surface area contributed by atoms with Crippen molar-refractivity contribution >= 4 is 0 Å². The molecule has 8 atom stereocenters. The van der Waals surface area contributed by atoms with Crippen molar-refractivity contribution in [1.29, 1.82) is 0 Å². The highest BCUT2D eigenvalue weighted by molar-refractivity contribution is 4.86. The summed E-state index contributed by atoms with van der Waals surface area (Å²) in [5.41, 5.74) is -4.10. The van der Waals surface area contributed by atoms with Gasteiger partial charge in [0.15, 0.2) is 0 Å². The quantitative estimate of drug-likeness (QED) is 0.0269. The zero-order valence-corrected chi connectivity index (χ0v) is 37.2. The van der Waals surface area contributed by atoms with Crippen LogP contribution in [-0.2, 0) is 47.4 Å². The summed E-state index contributed by atoms with van der Waals surface area (Å²) in [6, 6.07) is 0. The summed E-state index contributed by atoms with van der Waals surface area (Å²) < 4.78 is 58.4. The van der Waals surface area contributed by atoms with Crippen molar-refractivity contribution < 1.29 is 129 Å². The lowest BCUT2D eigenvalue weighted by molar-refractivity contribution is -0.170. The lowest BCUT2D eigenvalue weighted by Crippen LogP contribution is -2.48. The van der Waals surface area contributed by atoms with Crippen LogP contribution in [0.2, 0.25) is 0 Å². The fourth-order valence-electron chi connectivity index (χ4n) is 5.43. The molecule has 0 saturated carbocycles. The van der Waals surface area contributed by atoms with Crippen LogP contribution < -0.4 is 0 Å². The third-order valence-corrected chi connectivity index (χ3v) is 9.07. The fraction of sp³-hybridized carbons (Fsp3) is 1.00. The highest BCUT2D eigenvalue weighted by Crippen LogP contribution is 2.28. The Labute approximate surface area is 378 Å². The van der Waals surface area contributed by atoms with Crippen LogP contribution in [0.1, 0.15) is 0 Å². The van der Waals surface area contributed by atoms with Crippen LogP contribution in [-0.4, -0.2) is 316 Å². The second kappa shape index (κ2) is 38.8. The van der Waals surface area contributed by atoms with Crippen molar-refractivity contribution in [2.75, 3.05) is 185 Å². The van der Waals surface area contributed by atoms with Crippen LogP contribution in [0.5, 0.6) is 0 Å². The summed E-state index contributed by atoms with van der Waals surface area (Å²) in [6.45, 7) is -11.8. The Morgan fingerprint density at radius 3 is 0.415 bits per heavy atom. The predicted molar refractivity (Wildman–Crippen MR) is 220 cm³/mol. The minimum atomic E-state index is -1.42. The van der Waals surface area contributed by atoms with Gasteiger partial charge in [0.2, 0.25) is 0 Å². The standard InChI is InChI=1S/C39H80O26/c40-1-29(48)9-56-17-37(18-57-10-30(49)2-41,19-58-11-31(50)3-42)25-64-27-39(23-62-15-35(54)7-46,24-63-16-36(55)8-47)28-65-26-38(20-59-12-32(51)4-43,21-60-13-33(52)5-44)22-61-14-34(53)6-45/h29-36,40-55H,1-28H2. The summed E-state index contributed by atoms with van der Waals surface area (Å²) >= 11 is 0. The van der Waals surface area contributed by atoms with Gasteiger partial charge in [0.25, 0.3) is 0 Å². The van der Waals surface area contributed by atoms with E-state index in [0.717, 1.165) is 0 Å². The second-order valence-corrected chi connectivity index (χ2v) is 16.3. The number of aliphatic hydroxyl groups is 16. The summed E-state index contributed by atoms with van der Waals surface area (Å²) in [5.74, 6) is 0. The largest absolute Gasteiger partial charge is 0.394 e. The van der Waals surface area contributed by atoms with Crippen molar-refractivity contribution in [1.82, 2.24) is 0 Å². The molecular formula is C39H80O26. The van der Waals surface area contributed by atoms with Gasteiger partial charge in [-0.25, -0.2) is 0 Å². The molecule has 16 N–H and O–H groups in total. The molecule has 0 aromatic carbocycles. The van der Waals surface area contributed by atoms with Crippen molar-refractivity contribution in [3.05, 3.63) is 0 Å². The van der Waals surface area contributed by atoms with Gasteiger partial charge < -0.3 is 129 Å². The molecule has 0 aromatic rings. The SMILES string of the molecule is OCC(O)COCC(COCC(O)CO)(COCC(O)CO)COCC(COCC(O)CO)(COCC(O)CO)COCC(COCC(O)CO)(COCC(O)CO)COCC(O)CO. The minimum absolute atomic E-state index is 0.292. The average Bonchev–Trinajstić information content (AvgIpc) is 3.30. The number of hydrogen-bond donors (Lipinski definition) is 16. The number of aliphatic hydroxyl groups excluding tert-OH is 16. The van der Waals surface area contributed by atoms with Gasteiger partial charge >= 0.3 is 0 Å². The molecule has 0 aliphatic carbocycles. The van der Waals surface area contributed by atoms with Gasteiger partial charge in [0.05, 0.1) is 201 Å². The molecule has 0 aliphatic rings. The molecule has 0 heterocycles. The Hall–Kier alpha value is -1.04. The molecule has 0 radical (unpaired) electrons. The molecule has 0 aromatic heterocycles. The number of ether oxygens (including phenoxy) is 10. The number of rotatable bonds is 48. The van der Waals surface area contributed by atoms with Crippen LogP contribution in [0.4, 0.5) is 0 Å². The Morgan fingerprint density at radius 1 is 0.200 bits per heavy atom. The summed E-state index contributed by atoms with van der Waals surface area (Å²) in [4.78, 5) is 0. The van der Waals surface area contributed by atoms with Crippen LogP contribution >= 0.6 is 0 Å². The third-order valence-electron chi connectivity index (χ3n) is 9.07. The maximum absolute atomic E-state index is 10.1. The molecule has 0 amide bonds. The molecule has 0 bridgehead atoms. The van der Waals surface area contributed by atoms with E-state index in [1.807, 2.05) is 0 Å². The van der Waals surface area contributed by atoms with Crippen molar-refractivity contribution in [3.8, 4) is 0 Å². The van der Waals surface area contributed by atoms with Crippen molar-refractivity contribution in [2.24, 2.45) is 16.2 Å². The predicted octanol–water partition coefficient (Wildman–Crippen LogP) is -9.06. The van der Waals surface area contributed by atoms with Crippen LogP contribution in [0.25, 0.3) is 0 Å². The normalized spacial score (nSPS) is 18.8. The Bertz CT molecular complexity index is 907. The van der Waals surface area contributed by atoms with E-state index in [9.17, 15) is 81.7 Å². The topological polar surface area (TPSA) is 416 Å². The first-order chi connectivity index (χ1) is 31.1. The van der Waals surface area contributed by atoms with E-state index < -0.39 is 131 Å². The molecule has 0 spiro atoms. The highest BCUT2D eigenvalue weighted by Gasteiger charge is 2.40. The summed E-state index contributed by atoms with van der Waals surface area (Å²) in [5, 5.41) is 155. The van der Waals surface area contributed by atoms with E-state index in [1.54, 1.807) is 0 Å². The summed E-state index contributed by atoms with van der Waals surface area (Å²) in [7, 11) is 0. The molecule has 392 valence electrons. The monoisotopic (exact) mass is 964 g/mol. The van der Waals surface area contributed by atoms with E-state index in [4.69, 9.17) is 47.4 Å². The van der Waals surface area contributed by atoms with Crippen LogP contribution in [0.3, 0.4) is 0 Å². The number of hydrogen-bond acceptors (Lipinski definition) is 26.